The number of para-hydroxylation sites is 1. The van der Waals surface area contributed by atoms with Gasteiger partial charge in [0.2, 0.25) is 5.91 Å². The van der Waals surface area contributed by atoms with E-state index in [1.165, 1.54) is 6.42 Å². The van der Waals surface area contributed by atoms with Crippen LogP contribution in [-0.4, -0.2) is 24.2 Å². The van der Waals surface area contributed by atoms with E-state index in [2.05, 4.69) is 23.6 Å². The van der Waals surface area contributed by atoms with E-state index in [4.69, 9.17) is 0 Å². The number of anilines is 1. The van der Waals surface area contributed by atoms with Crippen LogP contribution in [0.15, 0.2) is 29.2 Å². The highest BCUT2D eigenvalue weighted by Gasteiger charge is 2.20. The van der Waals surface area contributed by atoms with Gasteiger partial charge in [0.25, 0.3) is 0 Å². The van der Waals surface area contributed by atoms with Crippen LogP contribution in [0.5, 0.6) is 0 Å². The highest BCUT2D eigenvalue weighted by Crippen LogP contribution is 2.26. The van der Waals surface area contributed by atoms with Crippen LogP contribution in [0.2, 0.25) is 0 Å². The summed E-state index contributed by atoms with van der Waals surface area (Å²) >= 11 is 1.76. The summed E-state index contributed by atoms with van der Waals surface area (Å²) in [5.41, 5.74) is 0.932. The third-order valence-electron chi connectivity index (χ3n) is 3.07. The fourth-order valence-corrected chi connectivity index (χ4v) is 2.91. The Kier molecular flexibility index (Phi) is 5.08. The number of carbonyl (C=O) groups is 1. The van der Waals surface area contributed by atoms with Gasteiger partial charge in [-0.1, -0.05) is 25.5 Å². The van der Waals surface area contributed by atoms with E-state index in [0.717, 1.165) is 35.7 Å². The lowest BCUT2D eigenvalue weighted by Crippen LogP contribution is -2.43. The summed E-state index contributed by atoms with van der Waals surface area (Å²) in [7, 11) is 0. The van der Waals surface area contributed by atoms with Crippen molar-refractivity contribution in [2.45, 2.75) is 37.1 Å². The van der Waals surface area contributed by atoms with Gasteiger partial charge in [-0.05, 0) is 37.3 Å². The predicted octanol–water partition coefficient (Wildman–Crippen LogP) is 2.88. The number of hydrogen-bond acceptors (Lipinski definition) is 3. The molecular formula is C14H20N2OS. The molecule has 2 rings (SSSR count). The van der Waals surface area contributed by atoms with Crippen LogP contribution < -0.4 is 10.6 Å². The van der Waals surface area contributed by atoms with Gasteiger partial charge in [0, 0.05) is 4.90 Å². The van der Waals surface area contributed by atoms with Crippen molar-refractivity contribution in [3.05, 3.63) is 24.3 Å². The Morgan fingerprint density at radius 1 is 1.44 bits per heavy atom. The lowest BCUT2D eigenvalue weighted by molar-refractivity contribution is -0.118. The fourth-order valence-electron chi connectivity index (χ4n) is 2.15. The minimum absolute atomic E-state index is 0.0292. The Balaban J connectivity index is 2.01. The Bertz CT molecular complexity index is 403. The number of thioether (sulfide) groups is 1. The topological polar surface area (TPSA) is 41.1 Å². The summed E-state index contributed by atoms with van der Waals surface area (Å²) in [5.74, 6) is 1.10. The van der Waals surface area contributed by atoms with Crippen LogP contribution in [0.25, 0.3) is 0 Å². The number of carbonyl (C=O) groups excluding carboxylic acids is 1. The van der Waals surface area contributed by atoms with E-state index in [9.17, 15) is 4.79 Å². The molecule has 1 fully saturated rings. The Morgan fingerprint density at radius 2 is 2.28 bits per heavy atom. The van der Waals surface area contributed by atoms with Gasteiger partial charge in [-0.3, -0.25) is 4.79 Å². The molecule has 1 aliphatic heterocycles. The molecule has 18 heavy (non-hydrogen) atoms. The Hall–Kier alpha value is -1.00. The summed E-state index contributed by atoms with van der Waals surface area (Å²) in [6.45, 7) is 3.06. The predicted molar refractivity (Wildman–Crippen MR) is 77.1 cm³/mol. The van der Waals surface area contributed by atoms with Crippen molar-refractivity contribution in [1.29, 1.82) is 0 Å². The lowest BCUT2D eigenvalue weighted by Gasteiger charge is -2.23. The zero-order valence-electron chi connectivity index (χ0n) is 10.7. The van der Waals surface area contributed by atoms with Gasteiger partial charge in [0.15, 0.2) is 0 Å². The highest BCUT2D eigenvalue weighted by molar-refractivity contribution is 7.99. The van der Waals surface area contributed by atoms with Gasteiger partial charge in [0.1, 0.15) is 0 Å². The van der Waals surface area contributed by atoms with Crippen LogP contribution in [0.3, 0.4) is 0 Å². The Labute approximate surface area is 113 Å². The number of piperidine rings is 1. The highest BCUT2D eigenvalue weighted by atomic mass is 32.2. The maximum absolute atomic E-state index is 12.1. The summed E-state index contributed by atoms with van der Waals surface area (Å²) < 4.78 is 0. The number of rotatable bonds is 4. The molecule has 1 saturated heterocycles. The average Bonchev–Trinajstić information content (AvgIpc) is 2.42. The van der Waals surface area contributed by atoms with Crippen molar-refractivity contribution in [2.75, 3.05) is 17.6 Å². The molecule has 1 aliphatic rings. The third-order valence-corrected chi connectivity index (χ3v) is 4.03. The first-order valence-electron chi connectivity index (χ1n) is 6.57. The van der Waals surface area contributed by atoms with Gasteiger partial charge < -0.3 is 10.6 Å². The van der Waals surface area contributed by atoms with Gasteiger partial charge in [0.05, 0.1) is 11.7 Å². The molecule has 0 spiro atoms. The molecule has 98 valence electrons. The van der Waals surface area contributed by atoms with Gasteiger partial charge in [-0.2, -0.15) is 0 Å². The minimum atomic E-state index is -0.0292. The van der Waals surface area contributed by atoms with Crippen LogP contribution in [-0.2, 0) is 4.79 Å². The molecule has 0 radical (unpaired) electrons. The molecule has 1 aromatic rings. The summed E-state index contributed by atoms with van der Waals surface area (Å²) in [6.07, 6.45) is 3.25. The van der Waals surface area contributed by atoms with Crippen molar-refractivity contribution in [1.82, 2.24) is 5.32 Å². The van der Waals surface area contributed by atoms with Crippen LogP contribution in [0.4, 0.5) is 5.69 Å². The van der Waals surface area contributed by atoms with E-state index < -0.39 is 0 Å². The summed E-state index contributed by atoms with van der Waals surface area (Å²) in [6, 6.07) is 7.96. The number of hydrogen-bond donors (Lipinski definition) is 2. The summed E-state index contributed by atoms with van der Waals surface area (Å²) in [4.78, 5) is 13.3. The SMILES string of the molecule is CCSc1ccccc1NC(=O)[C@@H]1CCCCN1. The van der Waals surface area contributed by atoms with E-state index >= 15 is 0 Å². The monoisotopic (exact) mass is 264 g/mol. The average molecular weight is 264 g/mol. The molecule has 2 N–H and O–H groups in total. The molecule has 1 aromatic carbocycles. The smallest absolute Gasteiger partial charge is 0.241 e. The first-order valence-corrected chi connectivity index (χ1v) is 7.56. The maximum Gasteiger partial charge on any atom is 0.241 e. The second kappa shape index (κ2) is 6.81. The van der Waals surface area contributed by atoms with Crippen LogP contribution in [0.1, 0.15) is 26.2 Å². The van der Waals surface area contributed by atoms with Gasteiger partial charge in [-0.15, -0.1) is 11.8 Å². The molecular weight excluding hydrogens is 244 g/mol. The van der Waals surface area contributed by atoms with E-state index in [-0.39, 0.29) is 11.9 Å². The molecule has 4 heteroatoms. The van der Waals surface area contributed by atoms with Gasteiger partial charge in [-0.25, -0.2) is 0 Å². The molecule has 1 heterocycles. The third kappa shape index (κ3) is 3.50. The molecule has 0 aromatic heterocycles. The normalized spacial score (nSPS) is 19.5. The first-order chi connectivity index (χ1) is 8.81. The number of benzene rings is 1. The molecule has 0 bridgehead atoms. The molecule has 0 aliphatic carbocycles. The molecule has 3 nitrogen and oxygen atoms in total. The van der Waals surface area contributed by atoms with E-state index in [1.54, 1.807) is 11.8 Å². The molecule has 0 saturated carbocycles. The maximum atomic E-state index is 12.1. The lowest BCUT2D eigenvalue weighted by atomic mass is 10.0. The quantitative estimate of drug-likeness (QED) is 0.822. The number of amides is 1. The Morgan fingerprint density at radius 3 is 3.00 bits per heavy atom. The zero-order chi connectivity index (χ0) is 12.8. The number of nitrogens with one attached hydrogen (secondary N) is 2. The van der Waals surface area contributed by atoms with Crippen LogP contribution >= 0.6 is 11.8 Å². The first kappa shape index (κ1) is 13.4. The standard InChI is InChI=1S/C14H20N2OS/c1-2-18-13-9-4-3-7-11(13)16-14(17)12-8-5-6-10-15-12/h3-4,7,9,12,15H,2,5-6,8,10H2,1H3,(H,16,17)/t12-/m0/s1. The van der Waals surface area contributed by atoms with Crippen LogP contribution in [0, 0.1) is 0 Å². The summed E-state index contributed by atoms with van der Waals surface area (Å²) in [5, 5.41) is 6.31. The second-order valence-corrected chi connectivity index (χ2v) is 5.73. The van der Waals surface area contributed by atoms with Crippen molar-refractivity contribution in [3.63, 3.8) is 0 Å². The van der Waals surface area contributed by atoms with E-state index in [1.807, 2.05) is 18.2 Å². The molecule has 1 atom stereocenters. The van der Waals surface area contributed by atoms with Crippen molar-refractivity contribution in [3.8, 4) is 0 Å². The molecule has 1 amide bonds. The van der Waals surface area contributed by atoms with E-state index in [0.29, 0.717) is 0 Å². The second-order valence-electron chi connectivity index (χ2n) is 4.42. The van der Waals surface area contributed by atoms with Crippen molar-refractivity contribution >= 4 is 23.4 Å². The zero-order valence-corrected chi connectivity index (χ0v) is 11.6. The van der Waals surface area contributed by atoms with Crippen molar-refractivity contribution < 1.29 is 4.79 Å². The molecule has 0 unspecified atom stereocenters. The largest absolute Gasteiger partial charge is 0.324 e. The fraction of sp³-hybridized carbons (Fsp3) is 0.500. The van der Waals surface area contributed by atoms with Crippen molar-refractivity contribution in [2.24, 2.45) is 0 Å². The van der Waals surface area contributed by atoms with Gasteiger partial charge >= 0.3 is 0 Å². The minimum Gasteiger partial charge on any atom is -0.324 e.